The molecule has 0 saturated carbocycles. The van der Waals surface area contributed by atoms with Crippen LogP contribution in [0, 0.1) is 5.82 Å². The minimum absolute atomic E-state index is 0.193. The Balaban J connectivity index is 0.000000749. The molecule has 0 saturated heterocycles. The van der Waals surface area contributed by atoms with Gasteiger partial charge in [0.15, 0.2) is 8.32 Å². The standard InChI is InChI=1S/C19H27FO2SSi.C4H9.Li/c1-19(2,3)24(4,5)22-12-10-15-11-13-23-18(15)17(21)14-6-8-16(20)9-7-14;1-3-4-2;/h6-9,11,13,17,21H,10,12H2,1-5H3;1,3-4H2,2H3;. The average Bonchev–Trinajstić information content (AvgIpc) is 3.10. The molecule has 0 amide bonds. The Morgan fingerprint density at radius 2 is 1.79 bits per heavy atom. The third-order valence-electron chi connectivity index (χ3n) is 5.56. The number of rotatable bonds is 8. The fourth-order valence-electron chi connectivity index (χ4n) is 2.58. The number of aliphatic hydroxyl groups excluding tert-OH is 1. The number of benzene rings is 1. The van der Waals surface area contributed by atoms with E-state index >= 15 is 0 Å². The van der Waals surface area contributed by atoms with E-state index in [9.17, 15) is 9.50 Å². The van der Waals surface area contributed by atoms with Crippen LogP contribution >= 0.6 is 11.3 Å². The zero-order valence-electron chi connectivity index (χ0n) is 19.2. The van der Waals surface area contributed by atoms with Crippen molar-refractivity contribution >= 4 is 37.4 Å². The molecule has 158 valence electrons. The second-order valence-electron chi connectivity index (χ2n) is 8.98. The summed E-state index contributed by atoms with van der Waals surface area (Å²) in [5, 5.41) is 14.1. The van der Waals surface area contributed by atoms with Crippen LogP contribution in [-0.2, 0) is 10.8 Å². The van der Waals surface area contributed by atoms with E-state index < -0.39 is 14.4 Å². The predicted octanol–water partition coefficient (Wildman–Crippen LogP) is 6.91. The molecule has 1 unspecified atom stereocenters. The van der Waals surface area contributed by atoms with Gasteiger partial charge in [-0.1, -0.05) is 32.9 Å². The summed E-state index contributed by atoms with van der Waals surface area (Å²) in [7, 11) is -1.75. The number of unbranched alkanes of at least 4 members (excludes halogenated alkanes) is 1. The van der Waals surface area contributed by atoms with Crippen LogP contribution in [0.15, 0.2) is 35.7 Å². The van der Waals surface area contributed by atoms with Gasteiger partial charge in [0.2, 0.25) is 0 Å². The van der Waals surface area contributed by atoms with E-state index in [0.29, 0.717) is 12.2 Å². The van der Waals surface area contributed by atoms with Gasteiger partial charge in [-0.3, -0.25) is 0 Å². The molecule has 2 nitrogen and oxygen atoms in total. The SMILES string of the molecule is CC(C)(C)[Si](C)(C)OCCc1ccsc1C(O)c1ccc(F)cc1.[Li][CH2]CCC. The summed E-state index contributed by atoms with van der Waals surface area (Å²) in [6, 6.07) is 8.08. The summed E-state index contributed by atoms with van der Waals surface area (Å²) < 4.78 is 19.3. The molecule has 29 heavy (non-hydrogen) atoms. The summed E-state index contributed by atoms with van der Waals surface area (Å²) >= 11 is 3.74. The van der Waals surface area contributed by atoms with E-state index in [-0.39, 0.29) is 10.9 Å². The molecule has 0 aliphatic heterocycles. The average molecular weight is 431 g/mol. The number of hydrogen-bond acceptors (Lipinski definition) is 3. The summed E-state index contributed by atoms with van der Waals surface area (Å²) in [5.74, 6) is -0.292. The second-order valence-corrected chi connectivity index (χ2v) is 14.7. The van der Waals surface area contributed by atoms with Crippen LogP contribution in [0.2, 0.25) is 23.2 Å². The predicted molar refractivity (Wildman–Crippen MR) is 127 cm³/mol. The fourth-order valence-corrected chi connectivity index (χ4v) is 4.59. The first-order valence-corrected chi connectivity index (χ1v) is 14.5. The van der Waals surface area contributed by atoms with Crippen molar-refractivity contribution in [3.63, 3.8) is 0 Å². The zero-order chi connectivity index (χ0) is 22.1. The normalized spacial score (nSPS) is 13.0. The van der Waals surface area contributed by atoms with E-state index in [0.717, 1.165) is 16.9 Å². The Bertz CT molecular complexity index is 708. The van der Waals surface area contributed by atoms with Crippen LogP contribution < -0.4 is 0 Å². The first kappa shape index (κ1) is 26.6. The Labute approximate surface area is 191 Å². The molecule has 2 rings (SSSR count). The van der Waals surface area contributed by atoms with Gasteiger partial charge < -0.3 is 9.53 Å². The molecular weight excluding hydrogens is 394 g/mol. The number of halogens is 1. The Morgan fingerprint density at radius 1 is 1.17 bits per heavy atom. The molecule has 1 aromatic carbocycles. The fraction of sp³-hybridized carbons (Fsp3) is 0.565. The van der Waals surface area contributed by atoms with Crippen LogP contribution in [0.3, 0.4) is 0 Å². The molecule has 6 heteroatoms. The maximum atomic E-state index is 13.1. The maximum absolute atomic E-state index is 13.1. The number of aliphatic hydroxyl groups is 1. The zero-order valence-corrected chi connectivity index (χ0v) is 21.0. The van der Waals surface area contributed by atoms with E-state index in [1.54, 1.807) is 12.1 Å². The summed E-state index contributed by atoms with van der Waals surface area (Å²) in [6.07, 6.45) is 2.80. The summed E-state index contributed by atoms with van der Waals surface area (Å²) in [6.45, 7) is 14.1. The second kappa shape index (κ2) is 12.4. The Hall–Kier alpha value is -0.416. The van der Waals surface area contributed by atoms with Crippen LogP contribution in [0.25, 0.3) is 0 Å². The van der Waals surface area contributed by atoms with Crippen molar-refractivity contribution in [3.8, 4) is 0 Å². The third kappa shape index (κ3) is 8.69. The van der Waals surface area contributed by atoms with Gasteiger partial charge in [-0.25, -0.2) is 4.39 Å². The monoisotopic (exact) mass is 430 g/mol. The van der Waals surface area contributed by atoms with Crippen molar-refractivity contribution in [2.24, 2.45) is 0 Å². The van der Waals surface area contributed by atoms with Gasteiger partial charge in [0, 0.05) is 11.5 Å². The first-order chi connectivity index (χ1) is 13.5. The topological polar surface area (TPSA) is 29.5 Å². The van der Waals surface area contributed by atoms with E-state index in [2.05, 4.69) is 58.5 Å². The Morgan fingerprint density at radius 3 is 2.28 bits per heavy atom. The molecule has 0 fully saturated rings. The van der Waals surface area contributed by atoms with Crippen molar-refractivity contribution in [2.45, 2.75) is 76.3 Å². The van der Waals surface area contributed by atoms with Gasteiger partial charge in [-0.05, 0) is 59.3 Å². The molecule has 0 bridgehead atoms. The molecule has 2 aromatic rings. The molecule has 0 aliphatic rings. The van der Waals surface area contributed by atoms with E-state index in [1.807, 2.05) is 11.4 Å². The van der Waals surface area contributed by atoms with Crippen LogP contribution in [0.4, 0.5) is 4.39 Å². The van der Waals surface area contributed by atoms with Gasteiger partial charge in [0.1, 0.15) is 11.9 Å². The summed E-state index contributed by atoms with van der Waals surface area (Å²) in [5.41, 5.74) is 1.82. The molecule has 0 spiro atoms. The quantitative estimate of drug-likeness (QED) is 0.461. The first-order valence-electron chi connectivity index (χ1n) is 10.7. The van der Waals surface area contributed by atoms with Crippen LogP contribution in [0.1, 0.15) is 62.6 Å². The minimum atomic E-state index is -1.75. The molecule has 0 radical (unpaired) electrons. The van der Waals surface area contributed by atoms with Gasteiger partial charge in [0.25, 0.3) is 0 Å². The van der Waals surface area contributed by atoms with Crippen molar-refractivity contribution in [2.75, 3.05) is 6.61 Å². The van der Waals surface area contributed by atoms with Gasteiger partial charge in [0.05, 0.1) is 0 Å². The van der Waals surface area contributed by atoms with Crippen molar-refractivity contribution in [1.29, 1.82) is 0 Å². The van der Waals surface area contributed by atoms with Gasteiger partial charge in [-0.15, -0.1) is 11.3 Å². The molecule has 1 aromatic heterocycles. The van der Waals surface area contributed by atoms with Crippen molar-refractivity contribution in [1.82, 2.24) is 0 Å². The van der Waals surface area contributed by atoms with E-state index in [1.165, 1.54) is 41.4 Å². The number of thiophene rings is 1. The molecule has 1 heterocycles. The molecule has 0 aliphatic carbocycles. The molecule has 1 N–H and O–H groups in total. The Kier molecular flexibility index (Phi) is 11.4. The van der Waals surface area contributed by atoms with Crippen molar-refractivity contribution < 1.29 is 13.9 Å². The van der Waals surface area contributed by atoms with Gasteiger partial charge in [-0.2, -0.15) is 0 Å². The van der Waals surface area contributed by atoms with Gasteiger partial charge >= 0.3 is 42.6 Å². The third-order valence-corrected chi connectivity index (χ3v) is 11.1. The van der Waals surface area contributed by atoms with Crippen LogP contribution in [-0.4, -0.2) is 37.7 Å². The van der Waals surface area contributed by atoms with E-state index in [4.69, 9.17) is 4.43 Å². The molecular formula is C23H36FLiO2SSi. The molecule has 1 atom stereocenters. The summed E-state index contributed by atoms with van der Waals surface area (Å²) in [4.78, 5) is 0.917. The number of hydrogen-bond donors (Lipinski definition) is 1. The van der Waals surface area contributed by atoms with Crippen LogP contribution in [0.5, 0.6) is 0 Å². The van der Waals surface area contributed by atoms with Crippen molar-refractivity contribution in [3.05, 3.63) is 57.5 Å².